The van der Waals surface area contributed by atoms with Crippen LogP contribution in [0.1, 0.15) is 13.8 Å². The Balaban J connectivity index is 3.11. The molecule has 0 heterocycles. The summed E-state index contributed by atoms with van der Waals surface area (Å²) < 4.78 is 28.6. The zero-order valence-electron chi connectivity index (χ0n) is 9.70. The first-order valence-corrected chi connectivity index (χ1v) is 6.51. The molecule has 17 heavy (non-hydrogen) atoms. The van der Waals surface area contributed by atoms with Crippen molar-refractivity contribution in [2.75, 3.05) is 11.0 Å². The second-order valence-electron chi connectivity index (χ2n) is 3.18. The van der Waals surface area contributed by atoms with Crippen molar-refractivity contribution in [3.05, 3.63) is 30.3 Å². The van der Waals surface area contributed by atoms with Crippen molar-refractivity contribution in [2.24, 2.45) is 10.2 Å². The first-order valence-electron chi connectivity index (χ1n) is 5.01. The van der Waals surface area contributed by atoms with Gasteiger partial charge in [-0.3, -0.25) is 0 Å². The fourth-order valence-corrected chi connectivity index (χ4v) is 1.83. The van der Waals surface area contributed by atoms with Gasteiger partial charge in [0, 0.05) is 6.92 Å². The van der Waals surface area contributed by atoms with E-state index in [9.17, 15) is 8.42 Å². The van der Waals surface area contributed by atoms with E-state index in [0.717, 1.165) is 4.41 Å². The van der Waals surface area contributed by atoms with Crippen LogP contribution in [0.4, 0.5) is 5.69 Å². The van der Waals surface area contributed by atoms with Crippen LogP contribution in [0.15, 0.2) is 35.4 Å². The largest absolute Gasteiger partial charge is 0.480 e. The second kappa shape index (κ2) is 5.65. The van der Waals surface area contributed by atoms with Crippen molar-refractivity contribution in [3.8, 4) is 0 Å². The maximum absolute atomic E-state index is 11.4. The number of anilines is 1. The molecular weight excluding hydrogens is 242 g/mol. The lowest BCUT2D eigenvalue weighted by Crippen LogP contribution is -2.33. The van der Waals surface area contributed by atoms with E-state index < -0.39 is 10.2 Å². The molecule has 6 nitrogen and oxygen atoms in total. The zero-order valence-corrected chi connectivity index (χ0v) is 10.5. The molecule has 0 bridgehead atoms. The Bertz CT molecular complexity index is 485. The average Bonchev–Trinajstić information content (AvgIpc) is 2.26. The highest BCUT2D eigenvalue weighted by Gasteiger charge is 2.17. The fourth-order valence-electron chi connectivity index (χ4n) is 1.18. The smallest absolute Gasteiger partial charge is 0.318 e. The average molecular weight is 257 g/mol. The van der Waals surface area contributed by atoms with Gasteiger partial charge in [0.1, 0.15) is 0 Å². The molecule has 0 atom stereocenters. The van der Waals surface area contributed by atoms with Gasteiger partial charge in [-0.2, -0.15) is 8.42 Å². The fraction of sp³-hybridized carbons (Fsp3) is 0.300. The summed E-state index contributed by atoms with van der Waals surface area (Å²) in [5, 5.41) is 8.91. The van der Waals surface area contributed by atoms with Gasteiger partial charge in [-0.1, -0.05) is 18.2 Å². The molecule has 94 valence electrons. The second-order valence-corrected chi connectivity index (χ2v) is 4.55. The van der Waals surface area contributed by atoms with Gasteiger partial charge < -0.3 is 4.74 Å². The molecule has 0 aliphatic heterocycles. The van der Waals surface area contributed by atoms with E-state index in [1.165, 1.54) is 0 Å². The van der Waals surface area contributed by atoms with E-state index in [4.69, 9.17) is 9.88 Å². The van der Waals surface area contributed by atoms with E-state index in [1.807, 2.05) is 0 Å². The SMILES string of the molecule is CCO/C(C)=N\N(c1ccccc1)S(N)(=O)=O. The third-order valence-electron chi connectivity index (χ3n) is 1.80. The summed E-state index contributed by atoms with van der Waals surface area (Å²) in [7, 11) is -3.97. The van der Waals surface area contributed by atoms with Crippen molar-refractivity contribution in [1.29, 1.82) is 0 Å². The number of ether oxygens (including phenoxy) is 1. The zero-order chi connectivity index (χ0) is 12.9. The summed E-state index contributed by atoms with van der Waals surface area (Å²) in [6.45, 7) is 3.75. The predicted octanol–water partition coefficient (Wildman–Crippen LogP) is 1.07. The topological polar surface area (TPSA) is 85.0 Å². The number of rotatable bonds is 4. The standard InChI is InChI=1S/C10H15N3O3S/c1-3-16-9(2)12-13(17(11,14)15)10-7-5-4-6-8-10/h4-8H,3H2,1-2H3,(H2,11,14,15)/b12-9-. The summed E-state index contributed by atoms with van der Waals surface area (Å²) in [5.74, 6) is 0.227. The number of hydrogen-bond donors (Lipinski definition) is 1. The van der Waals surface area contributed by atoms with Crippen LogP contribution in [-0.2, 0) is 14.9 Å². The van der Waals surface area contributed by atoms with E-state index in [0.29, 0.717) is 12.3 Å². The summed E-state index contributed by atoms with van der Waals surface area (Å²) >= 11 is 0. The number of nitrogens with zero attached hydrogens (tertiary/aromatic N) is 2. The summed E-state index contributed by atoms with van der Waals surface area (Å²) in [6.07, 6.45) is 0. The van der Waals surface area contributed by atoms with Gasteiger partial charge in [0.25, 0.3) is 0 Å². The number of nitrogens with two attached hydrogens (primary N) is 1. The number of hydrazone groups is 1. The molecule has 1 rings (SSSR count). The highest BCUT2D eigenvalue weighted by Crippen LogP contribution is 2.16. The molecule has 1 aromatic carbocycles. The molecule has 0 unspecified atom stereocenters. The Hall–Kier alpha value is -1.60. The Morgan fingerprint density at radius 2 is 2.00 bits per heavy atom. The first-order chi connectivity index (χ1) is 7.95. The van der Waals surface area contributed by atoms with Crippen molar-refractivity contribution in [3.63, 3.8) is 0 Å². The molecule has 0 aliphatic carbocycles. The Morgan fingerprint density at radius 1 is 1.41 bits per heavy atom. The summed E-state index contributed by atoms with van der Waals surface area (Å²) in [4.78, 5) is 0. The van der Waals surface area contributed by atoms with Crippen LogP contribution < -0.4 is 9.55 Å². The van der Waals surface area contributed by atoms with Crippen LogP contribution in [0.25, 0.3) is 0 Å². The lowest BCUT2D eigenvalue weighted by Gasteiger charge is -2.16. The van der Waals surface area contributed by atoms with Gasteiger partial charge in [-0.15, -0.1) is 9.52 Å². The van der Waals surface area contributed by atoms with Crippen molar-refractivity contribution in [1.82, 2.24) is 0 Å². The van der Waals surface area contributed by atoms with Gasteiger partial charge >= 0.3 is 10.2 Å². The van der Waals surface area contributed by atoms with E-state index in [2.05, 4.69) is 5.10 Å². The first kappa shape index (κ1) is 13.5. The quantitative estimate of drug-likeness (QED) is 0.497. The van der Waals surface area contributed by atoms with E-state index in [-0.39, 0.29) is 5.90 Å². The van der Waals surface area contributed by atoms with Crippen LogP contribution in [0.3, 0.4) is 0 Å². The number of hydrogen-bond acceptors (Lipinski definition) is 4. The molecule has 0 amide bonds. The minimum absolute atomic E-state index is 0.227. The number of benzene rings is 1. The van der Waals surface area contributed by atoms with Crippen LogP contribution in [0, 0.1) is 0 Å². The van der Waals surface area contributed by atoms with Crippen molar-refractivity contribution in [2.45, 2.75) is 13.8 Å². The van der Waals surface area contributed by atoms with Gasteiger partial charge in [0.15, 0.2) is 0 Å². The minimum Gasteiger partial charge on any atom is -0.480 e. The van der Waals surface area contributed by atoms with Crippen LogP contribution >= 0.6 is 0 Å². The maximum atomic E-state index is 11.4. The molecule has 0 fully saturated rings. The summed E-state index contributed by atoms with van der Waals surface area (Å²) in [5.41, 5.74) is 0.356. The molecule has 1 aromatic rings. The monoisotopic (exact) mass is 257 g/mol. The Kier molecular flexibility index (Phi) is 4.47. The van der Waals surface area contributed by atoms with Crippen LogP contribution in [0.5, 0.6) is 0 Å². The van der Waals surface area contributed by atoms with Gasteiger partial charge in [-0.05, 0) is 19.1 Å². The highest BCUT2D eigenvalue weighted by atomic mass is 32.2. The molecule has 0 spiro atoms. The normalized spacial score (nSPS) is 12.3. The van der Waals surface area contributed by atoms with E-state index >= 15 is 0 Å². The molecule has 0 saturated heterocycles. The molecule has 0 radical (unpaired) electrons. The lowest BCUT2D eigenvalue weighted by molar-refractivity contribution is 0.323. The highest BCUT2D eigenvalue weighted by molar-refractivity contribution is 7.90. The van der Waals surface area contributed by atoms with Gasteiger partial charge in [-0.25, -0.2) is 5.14 Å². The van der Waals surface area contributed by atoms with E-state index in [1.54, 1.807) is 44.2 Å². The molecular formula is C10H15N3O3S. The predicted molar refractivity (Wildman–Crippen MR) is 66.8 cm³/mol. The van der Waals surface area contributed by atoms with Crippen LogP contribution in [-0.4, -0.2) is 20.9 Å². The minimum atomic E-state index is -3.97. The molecule has 7 heteroatoms. The summed E-state index contributed by atoms with van der Waals surface area (Å²) in [6, 6.07) is 8.34. The van der Waals surface area contributed by atoms with Crippen molar-refractivity contribution < 1.29 is 13.2 Å². The molecule has 0 aromatic heterocycles. The molecule has 0 aliphatic rings. The Labute approximate surface area is 101 Å². The Morgan fingerprint density at radius 3 is 2.47 bits per heavy atom. The maximum Gasteiger partial charge on any atom is 0.318 e. The molecule has 0 saturated carbocycles. The third-order valence-corrected chi connectivity index (χ3v) is 2.58. The van der Waals surface area contributed by atoms with Crippen LogP contribution in [0.2, 0.25) is 0 Å². The third kappa shape index (κ3) is 4.04. The van der Waals surface area contributed by atoms with Crippen molar-refractivity contribution >= 4 is 21.8 Å². The number of para-hydroxylation sites is 1. The molecule has 2 N–H and O–H groups in total. The van der Waals surface area contributed by atoms with Gasteiger partial charge in [0.2, 0.25) is 5.90 Å². The lowest BCUT2D eigenvalue weighted by atomic mass is 10.3. The van der Waals surface area contributed by atoms with Gasteiger partial charge in [0.05, 0.1) is 12.3 Å².